The number of nitrogens with two attached hydrogens (primary N) is 1. The van der Waals surface area contributed by atoms with Gasteiger partial charge in [0.25, 0.3) is 11.8 Å². The summed E-state index contributed by atoms with van der Waals surface area (Å²) in [7, 11) is 1.45. The number of methoxy groups -OCH3 is 1. The van der Waals surface area contributed by atoms with Crippen molar-refractivity contribution in [3.05, 3.63) is 87.3 Å². The van der Waals surface area contributed by atoms with E-state index >= 15 is 0 Å². The molecule has 0 bridgehead atoms. The Morgan fingerprint density at radius 1 is 0.903 bits per heavy atom. The number of carbonyl (C=O) groups excluding carboxylic acids is 3. The topological polar surface area (TPSA) is 228 Å². The molecule has 20 heteroatoms. The number of aryl methyl sites for hydroxylation is 4. The van der Waals surface area contributed by atoms with Crippen LogP contribution in [0.25, 0.3) is 21.3 Å². The molecule has 19 nitrogen and oxygen atoms in total. The molecule has 0 saturated carbocycles. The fourth-order valence-corrected chi connectivity index (χ4v) is 8.45. The van der Waals surface area contributed by atoms with Gasteiger partial charge in [-0.05, 0) is 70.5 Å². The van der Waals surface area contributed by atoms with Crippen LogP contribution >= 0.6 is 11.3 Å². The van der Waals surface area contributed by atoms with Crippen LogP contribution in [0.3, 0.4) is 0 Å². The molecule has 4 aromatic heterocycles. The summed E-state index contributed by atoms with van der Waals surface area (Å²) < 4.78 is 24.8. The molecule has 0 radical (unpaired) electrons. The number of ether oxygens (including phenoxy) is 3. The number of primary amides is 1. The molecule has 0 atom stereocenters. The summed E-state index contributed by atoms with van der Waals surface area (Å²) in [6.07, 6.45) is 4.42. The van der Waals surface area contributed by atoms with Gasteiger partial charge >= 0.3 is 5.97 Å². The van der Waals surface area contributed by atoms with E-state index in [1.54, 1.807) is 49.7 Å². The predicted molar refractivity (Wildman–Crippen MR) is 231 cm³/mol. The molecular formula is C42H49N11O8S. The molecule has 6 aromatic rings. The number of nitrogens with zero attached hydrogens (tertiary/aromatic N) is 9. The molecule has 1 aliphatic rings. The number of aromatic carboxylic acids is 1. The lowest BCUT2D eigenvalue weighted by molar-refractivity contribution is 0.0358. The van der Waals surface area contributed by atoms with Gasteiger partial charge in [0.1, 0.15) is 33.9 Å². The standard InChI is InChI=1S/C42H49N11O8S/c1-6-52-30(19-25(3)47-52)38(55)45-41-44-29-21-27(37(43)54)22-33(61-16-10-11-49-14-17-60-18-15-49)35(29)50(41)12-8-9-13-51-36-32(59-5)23-28(40(57)58)24-34(36)62-42(51)46-39(56)31-20-26(4)48-53(31)7-2/h8-9,19-24H,6-7,10-18H2,1-5H3,(H2,43,54)(H,57,58)(H,44,45,55)/b9-8+,46-42-. The van der Waals surface area contributed by atoms with Crippen molar-refractivity contribution < 1.29 is 38.5 Å². The normalized spacial score (nSPS) is 13.7. The average Bonchev–Trinajstić information content (AvgIpc) is 4.03. The highest BCUT2D eigenvalue weighted by molar-refractivity contribution is 7.16. The zero-order chi connectivity index (χ0) is 44.1. The Kier molecular flexibility index (Phi) is 13.3. The van der Waals surface area contributed by atoms with Crippen LogP contribution in [0.4, 0.5) is 5.95 Å². The van der Waals surface area contributed by atoms with Crippen LogP contribution in [0.15, 0.2) is 53.5 Å². The van der Waals surface area contributed by atoms with E-state index in [2.05, 4.69) is 25.4 Å². The molecule has 326 valence electrons. The van der Waals surface area contributed by atoms with Crippen molar-refractivity contribution in [1.82, 2.24) is 38.6 Å². The van der Waals surface area contributed by atoms with Gasteiger partial charge in [0.15, 0.2) is 4.80 Å². The van der Waals surface area contributed by atoms with Gasteiger partial charge in [-0.2, -0.15) is 15.2 Å². The first-order chi connectivity index (χ1) is 29.9. The summed E-state index contributed by atoms with van der Waals surface area (Å²) >= 11 is 1.16. The molecule has 0 aliphatic carbocycles. The van der Waals surface area contributed by atoms with E-state index in [1.165, 1.54) is 19.2 Å². The first-order valence-corrected chi connectivity index (χ1v) is 21.1. The monoisotopic (exact) mass is 867 g/mol. The lowest BCUT2D eigenvalue weighted by Crippen LogP contribution is -2.37. The Hall–Kier alpha value is -6.64. The van der Waals surface area contributed by atoms with Gasteiger partial charge in [-0.3, -0.25) is 34.0 Å². The molecule has 62 heavy (non-hydrogen) atoms. The van der Waals surface area contributed by atoms with Crippen LogP contribution in [0.5, 0.6) is 11.5 Å². The van der Waals surface area contributed by atoms with Gasteiger partial charge in [-0.1, -0.05) is 23.5 Å². The number of carbonyl (C=O) groups is 4. The molecule has 7 rings (SSSR count). The highest BCUT2D eigenvalue weighted by Gasteiger charge is 2.23. The predicted octanol–water partition coefficient (Wildman–Crippen LogP) is 4.26. The van der Waals surface area contributed by atoms with Gasteiger partial charge in [-0.15, -0.1) is 0 Å². The number of imidazole rings is 1. The summed E-state index contributed by atoms with van der Waals surface area (Å²) in [4.78, 5) is 63.9. The average molecular weight is 868 g/mol. The molecule has 5 heterocycles. The summed E-state index contributed by atoms with van der Waals surface area (Å²) in [6.45, 7) is 12.8. The second-order valence-corrected chi connectivity index (χ2v) is 15.6. The number of carboxylic acid groups (broad SMARTS) is 1. The Balaban J connectivity index is 1.27. The first kappa shape index (κ1) is 43.4. The minimum atomic E-state index is -1.13. The number of morpholine rings is 1. The number of rotatable bonds is 17. The smallest absolute Gasteiger partial charge is 0.335 e. The largest absolute Gasteiger partial charge is 0.494 e. The van der Waals surface area contributed by atoms with Crippen molar-refractivity contribution in [2.75, 3.05) is 51.9 Å². The van der Waals surface area contributed by atoms with Crippen LogP contribution in [0, 0.1) is 13.8 Å². The van der Waals surface area contributed by atoms with Gasteiger partial charge < -0.3 is 34.2 Å². The quantitative estimate of drug-likeness (QED) is 0.0864. The summed E-state index contributed by atoms with van der Waals surface area (Å²) in [5.41, 5.74) is 9.47. The van der Waals surface area contributed by atoms with Crippen molar-refractivity contribution >= 4 is 62.2 Å². The number of allylic oxidation sites excluding steroid dienone is 2. The number of hydrogen-bond donors (Lipinski definition) is 3. The second kappa shape index (κ2) is 19.0. The Morgan fingerprint density at radius 3 is 2.23 bits per heavy atom. The molecule has 1 aliphatic heterocycles. The van der Waals surface area contributed by atoms with E-state index in [4.69, 9.17) is 24.9 Å². The number of thiazole rings is 1. The zero-order valence-electron chi connectivity index (χ0n) is 35.2. The van der Waals surface area contributed by atoms with Gasteiger partial charge in [0.05, 0.1) is 54.1 Å². The highest BCUT2D eigenvalue weighted by atomic mass is 32.1. The van der Waals surface area contributed by atoms with Crippen LogP contribution in [0.1, 0.15) is 73.3 Å². The Morgan fingerprint density at radius 2 is 1.56 bits per heavy atom. The fraction of sp³-hybridized carbons (Fsp3) is 0.381. The summed E-state index contributed by atoms with van der Waals surface area (Å²) in [6, 6.07) is 9.48. The number of benzene rings is 2. The number of fused-ring (bicyclic) bond motifs is 2. The maximum atomic E-state index is 13.8. The Labute approximate surface area is 360 Å². The fourth-order valence-electron chi connectivity index (χ4n) is 7.36. The number of amides is 3. The van der Waals surface area contributed by atoms with E-state index in [1.807, 2.05) is 32.9 Å². The third-order valence-electron chi connectivity index (χ3n) is 10.3. The Bertz CT molecular complexity index is 2770. The van der Waals surface area contributed by atoms with Crippen molar-refractivity contribution in [3.63, 3.8) is 0 Å². The van der Waals surface area contributed by atoms with Crippen molar-refractivity contribution in [1.29, 1.82) is 0 Å². The van der Waals surface area contributed by atoms with Crippen LogP contribution in [0.2, 0.25) is 0 Å². The van der Waals surface area contributed by atoms with E-state index < -0.39 is 23.7 Å². The van der Waals surface area contributed by atoms with Gasteiger partial charge in [0.2, 0.25) is 11.9 Å². The first-order valence-electron chi connectivity index (χ1n) is 20.2. The minimum absolute atomic E-state index is 0.0215. The third kappa shape index (κ3) is 9.31. The second-order valence-electron chi connectivity index (χ2n) is 14.5. The molecular weight excluding hydrogens is 819 g/mol. The maximum Gasteiger partial charge on any atom is 0.335 e. The zero-order valence-corrected chi connectivity index (χ0v) is 36.0. The molecule has 1 fully saturated rings. The summed E-state index contributed by atoms with van der Waals surface area (Å²) in [5, 5.41) is 21.6. The third-order valence-corrected chi connectivity index (χ3v) is 11.3. The molecule has 3 amide bonds. The number of carboxylic acids is 1. The number of nitrogens with one attached hydrogen (secondary N) is 1. The molecule has 0 spiro atoms. The molecule has 2 aromatic carbocycles. The number of anilines is 1. The maximum absolute atomic E-state index is 13.8. The van der Waals surface area contributed by atoms with E-state index in [0.29, 0.717) is 99.7 Å². The van der Waals surface area contributed by atoms with Crippen LogP contribution in [-0.4, -0.2) is 114 Å². The van der Waals surface area contributed by atoms with Crippen molar-refractivity contribution in [3.8, 4) is 11.5 Å². The SMILES string of the molecule is CCn1nc(C)cc1C(=O)/N=c1\sc2cc(C(=O)O)cc(OC)c2n1C/C=C/Cn1c(NC(=O)c2cc(C)nn2CC)nc2cc(C(N)=O)cc(OCCCN3CCOCC3)c21. The summed E-state index contributed by atoms with van der Waals surface area (Å²) in [5.74, 6) is -1.88. The van der Waals surface area contributed by atoms with E-state index in [-0.39, 0.29) is 30.2 Å². The lowest BCUT2D eigenvalue weighted by atomic mass is 10.1. The number of aromatic nitrogens is 7. The van der Waals surface area contributed by atoms with Crippen molar-refractivity contribution in [2.45, 2.75) is 60.3 Å². The number of hydrogen-bond acceptors (Lipinski definition) is 12. The van der Waals surface area contributed by atoms with Crippen LogP contribution < -0.4 is 25.3 Å². The molecule has 1 saturated heterocycles. The minimum Gasteiger partial charge on any atom is -0.494 e. The van der Waals surface area contributed by atoms with E-state index in [0.717, 1.165) is 31.0 Å². The van der Waals surface area contributed by atoms with Gasteiger partial charge in [0, 0.05) is 51.4 Å². The molecule has 4 N–H and O–H groups in total. The molecule has 0 unspecified atom stereocenters. The van der Waals surface area contributed by atoms with Gasteiger partial charge in [-0.25, -0.2) is 9.78 Å². The highest BCUT2D eigenvalue weighted by Crippen LogP contribution is 2.33. The lowest BCUT2D eigenvalue weighted by Gasteiger charge is -2.26. The van der Waals surface area contributed by atoms with Crippen molar-refractivity contribution in [2.24, 2.45) is 10.7 Å². The van der Waals surface area contributed by atoms with Crippen LogP contribution in [-0.2, 0) is 30.9 Å². The van der Waals surface area contributed by atoms with E-state index in [9.17, 15) is 24.3 Å².